The number of aromatic nitrogens is 2. The molecule has 0 saturated carbocycles. The molecule has 0 spiro atoms. The van der Waals surface area contributed by atoms with Crippen LogP contribution in [0.1, 0.15) is 17.0 Å². The van der Waals surface area contributed by atoms with Gasteiger partial charge < -0.3 is 9.84 Å². The minimum absolute atomic E-state index is 0.0187. The fraction of sp³-hybridized carbons (Fsp3) is 0.348. The SMILES string of the molecule is Cc1cccc(NC(=O)CN2CCN(Cc3nc(-c4cccc(Cl)c4)no3)CC2)c1C. The van der Waals surface area contributed by atoms with Gasteiger partial charge in [0.05, 0.1) is 13.1 Å². The maximum atomic E-state index is 12.5. The monoisotopic (exact) mass is 439 g/mol. The molecule has 1 aromatic heterocycles. The van der Waals surface area contributed by atoms with Crippen LogP contribution in [0.25, 0.3) is 11.4 Å². The third-order valence-electron chi connectivity index (χ3n) is 5.62. The zero-order valence-corrected chi connectivity index (χ0v) is 18.5. The molecule has 1 aliphatic rings. The van der Waals surface area contributed by atoms with Crippen molar-refractivity contribution in [2.24, 2.45) is 0 Å². The number of hydrogen-bond donors (Lipinski definition) is 1. The molecule has 0 radical (unpaired) electrons. The number of hydrogen-bond acceptors (Lipinski definition) is 6. The first-order valence-corrected chi connectivity index (χ1v) is 10.7. The van der Waals surface area contributed by atoms with Gasteiger partial charge in [-0.1, -0.05) is 41.0 Å². The Kier molecular flexibility index (Phi) is 6.65. The molecule has 2 aromatic carbocycles. The van der Waals surface area contributed by atoms with E-state index in [-0.39, 0.29) is 5.91 Å². The molecule has 1 aliphatic heterocycles. The summed E-state index contributed by atoms with van der Waals surface area (Å²) in [5.74, 6) is 1.14. The number of amides is 1. The van der Waals surface area contributed by atoms with Crippen molar-refractivity contribution in [2.75, 3.05) is 38.0 Å². The lowest BCUT2D eigenvalue weighted by Crippen LogP contribution is -2.48. The number of benzene rings is 2. The molecule has 0 atom stereocenters. The summed E-state index contributed by atoms with van der Waals surface area (Å²) >= 11 is 6.04. The average molecular weight is 440 g/mol. The Hall–Kier alpha value is -2.74. The van der Waals surface area contributed by atoms with Crippen molar-refractivity contribution in [1.82, 2.24) is 19.9 Å². The van der Waals surface area contributed by atoms with Crippen LogP contribution in [0.15, 0.2) is 47.0 Å². The Morgan fingerprint density at radius 3 is 2.61 bits per heavy atom. The van der Waals surface area contributed by atoms with Crippen molar-refractivity contribution < 1.29 is 9.32 Å². The first kappa shape index (κ1) is 21.5. The molecule has 0 bridgehead atoms. The van der Waals surface area contributed by atoms with Crippen molar-refractivity contribution in [3.63, 3.8) is 0 Å². The Morgan fingerprint density at radius 2 is 1.84 bits per heavy atom. The third-order valence-corrected chi connectivity index (χ3v) is 5.86. The van der Waals surface area contributed by atoms with Crippen LogP contribution in [0, 0.1) is 13.8 Å². The molecule has 1 N–H and O–H groups in total. The average Bonchev–Trinajstić information content (AvgIpc) is 3.21. The maximum absolute atomic E-state index is 12.5. The zero-order valence-electron chi connectivity index (χ0n) is 17.8. The second-order valence-corrected chi connectivity index (χ2v) is 8.31. The lowest BCUT2D eigenvalue weighted by molar-refractivity contribution is -0.117. The van der Waals surface area contributed by atoms with Crippen molar-refractivity contribution in [1.29, 1.82) is 0 Å². The van der Waals surface area contributed by atoms with Crippen LogP contribution in [0.4, 0.5) is 5.69 Å². The number of anilines is 1. The summed E-state index contributed by atoms with van der Waals surface area (Å²) in [4.78, 5) is 21.4. The van der Waals surface area contributed by atoms with Gasteiger partial charge in [-0.05, 0) is 43.2 Å². The van der Waals surface area contributed by atoms with E-state index in [1.807, 2.05) is 56.3 Å². The number of nitrogens with one attached hydrogen (secondary N) is 1. The van der Waals surface area contributed by atoms with Crippen LogP contribution >= 0.6 is 11.6 Å². The summed E-state index contributed by atoms with van der Waals surface area (Å²) in [5.41, 5.74) is 4.00. The highest BCUT2D eigenvalue weighted by atomic mass is 35.5. The number of piperazine rings is 1. The topological polar surface area (TPSA) is 74.5 Å². The fourth-order valence-corrected chi connectivity index (χ4v) is 3.83. The first-order chi connectivity index (χ1) is 15.0. The molecule has 8 heteroatoms. The van der Waals surface area contributed by atoms with Gasteiger partial charge >= 0.3 is 0 Å². The van der Waals surface area contributed by atoms with E-state index in [1.54, 1.807) is 0 Å². The van der Waals surface area contributed by atoms with Crippen LogP contribution in [-0.2, 0) is 11.3 Å². The largest absolute Gasteiger partial charge is 0.338 e. The van der Waals surface area contributed by atoms with Gasteiger partial charge in [-0.25, -0.2) is 0 Å². The van der Waals surface area contributed by atoms with Crippen molar-refractivity contribution in [3.8, 4) is 11.4 Å². The normalized spacial score (nSPS) is 15.2. The molecule has 162 valence electrons. The first-order valence-electron chi connectivity index (χ1n) is 10.4. The summed E-state index contributed by atoms with van der Waals surface area (Å²) in [6, 6.07) is 13.4. The van der Waals surface area contributed by atoms with Crippen molar-refractivity contribution in [3.05, 3.63) is 64.5 Å². The Balaban J connectivity index is 1.25. The van der Waals surface area contributed by atoms with E-state index in [0.717, 1.165) is 43.0 Å². The number of aryl methyl sites for hydroxylation is 1. The number of halogens is 1. The molecule has 0 aliphatic carbocycles. The van der Waals surface area contributed by atoms with Crippen molar-refractivity contribution >= 4 is 23.2 Å². The quantitative estimate of drug-likeness (QED) is 0.630. The molecule has 1 saturated heterocycles. The fourth-order valence-electron chi connectivity index (χ4n) is 3.64. The smallest absolute Gasteiger partial charge is 0.241 e. The van der Waals surface area contributed by atoms with Gasteiger partial charge in [0.1, 0.15) is 0 Å². The van der Waals surface area contributed by atoms with Gasteiger partial charge in [-0.15, -0.1) is 0 Å². The number of carbonyl (C=O) groups is 1. The van der Waals surface area contributed by atoms with E-state index in [4.69, 9.17) is 16.1 Å². The molecular formula is C23H26ClN5O2. The Morgan fingerprint density at radius 1 is 1.10 bits per heavy atom. The third kappa shape index (κ3) is 5.50. The molecule has 2 heterocycles. The van der Waals surface area contributed by atoms with E-state index in [2.05, 4.69) is 25.3 Å². The minimum atomic E-state index is 0.0187. The summed E-state index contributed by atoms with van der Waals surface area (Å²) in [7, 11) is 0. The number of rotatable bonds is 6. The molecular weight excluding hydrogens is 414 g/mol. The van der Waals surface area contributed by atoms with Gasteiger partial charge in [0, 0.05) is 42.5 Å². The van der Waals surface area contributed by atoms with Crippen LogP contribution in [0.3, 0.4) is 0 Å². The van der Waals surface area contributed by atoms with Crippen LogP contribution < -0.4 is 5.32 Å². The summed E-state index contributed by atoms with van der Waals surface area (Å²) < 4.78 is 5.42. The van der Waals surface area contributed by atoms with Crippen molar-refractivity contribution in [2.45, 2.75) is 20.4 Å². The molecule has 7 nitrogen and oxygen atoms in total. The van der Waals surface area contributed by atoms with E-state index in [1.165, 1.54) is 5.56 Å². The van der Waals surface area contributed by atoms with Gasteiger partial charge in [0.25, 0.3) is 0 Å². The van der Waals surface area contributed by atoms with Gasteiger partial charge in [-0.2, -0.15) is 4.98 Å². The van der Waals surface area contributed by atoms with E-state index < -0.39 is 0 Å². The number of nitrogens with zero attached hydrogens (tertiary/aromatic N) is 4. The van der Waals surface area contributed by atoms with E-state index in [0.29, 0.717) is 29.8 Å². The second-order valence-electron chi connectivity index (χ2n) is 7.87. The zero-order chi connectivity index (χ0) is 21.8. The number of carbonyl (C=O) groups excluding carboxylic acids is 1. The molecule has 4 rings (SSSR count). The molecule has 0 unspecified atom stereocenters. The highest BCUT2D eigenvalue weighted by Gasteiger charge is 2.21. The maximum Gasteiger partial charge on any atom is 0.241 e. The van der Waals surface area contributed by atoms with Gasteiger partial charge in [0.15, 0.2) is 0 Å². The second kappa shape index (κ2) is 9.60. The highest BCUT2D eigenvalue weighted by molar-refractivity contribution is 6.30. The Labute approximate surface area is 187 Å². The van der Waals surface area contributed by atoms with Crippen LogP contribution in [-0.4, -0.2) is 58.6 Å². The predicted octanol–water partition coefficient (Wildman–Crippen LogP) is 3.76. The standard InChI is InChI=1S/C23H26ClN5O2/c1-16-5-3-8-20(17(16)2)25-21(30)14-28-9-11-29(12-10-28)15-22-26-23(27-31-22)18-6-4-7-19(24)13-18/h3-8,13H,9-12,14-15H2,1-2H3,(H,25,30). The molecule has 3 aromatic rings. The highest BCUT2D eigenvalue weighted by Crippen LogP contribution is 2.21. The lowest BCUT2D eigenvalue weighted by atomic mass is 10.1. The molecule has 1 amide bonds. The Bertz CT molecular complexity index is 1060. The van der Waals surface area contributed by atoms with E-state index >= 15 is 0 Å². The summed E-state index contributed by atoms with van der Waals surface area (Å²) in [6.07, 6.45) is 0. The van der Waals surface area contributed by atoms with Crippen LogP contribution in [0.5, 0.6) is 0 Å². The van der Waals surface area contributed by atoms with E-state index in [9.17, 15) is 4.79 Å². The predicted molar refractivity (Wildman–Crippen MR) is 121 cm³/mol. The molecule has 31 heavy (non-hydrogen) atoms. The van der Waals surface area contributed by atoms with Crippen LogP contribution in [0.2, 0.25) is 5.02 Å². The summed E-state index contributed by atoms with van der Waals surface area (Å²) in [6.45, 7) is 8.36. The van der Waals surface area contributed by atoms with Gasteiger partial charge in [0.2, 0.25) is 17.6 Å². The minimum Gasteiger partial charge on any atom is -0.338 e. The van der Waals surface area contributed by atoms with Gasteiger partial charge in [-0.3, -0.25) is 14.6 Å². The lowest BCUT2D eigenvalue weighted by Gasteiger charge is -2.33. The molecule has 1 fully saturated rings. The summed E-state index contributed by atoms with van der Waals surface area (Å²) in [5, 5.41) is 7.74.